The topological polar surface area (TPSA) is 67.9 Å². The average Bonchev–Trinajstić information content (AvgIpc) is 2.74. The molecule has 0 unspecified atom stereocenters. The molecular weight excluding hydrogens is 356 g/mol. The van der Waals surface area contributed by atoms with Gasteiger partial charge >= 0.3 is 0 Å². The second-order valence-corrected chi connectivity index (χ2v) is 6.31. The Labute approximate surface area is 164 Å². The van der Waals surface area contributed by atoms with E-state index in [0.29, 0.717) is 44.2 Å². The summed E-state index contributed by atoms with van der Waals surface area (Å²) in [7, 11) is 0. The Balaban J connectivity index is 1.54. The lowest BCUT2D eigenvalue weighted by molar-refractivity contribution is -0.111. The summed E-state index contributed by atoms with van der Waals surface area (Å²) in [4.78, 5) is 26.3. The molecular formula is C22H24N2O4. The van der Waals surface area contributed by atoms with E-state index in [4.69, 9.17) is 9.47 Å². The van der Waals surface area contributed by atoms with Crippen LogP contribution in [0, 0.1) is 0 Å². The Morgan fingerprint density at radius 1 is 1.07 bits per heavy atom. The molecule has 0 saturated carbocycles. The summed E-state index contributed by atoms with van der Waals surface area (Å²) < 4.78 is 10.7. The van der Waals surface area contributed by atoms with E-state index in [2.05, 4.69) is 5.32 Å². The molecule has 2 amide bonds. The number of amides is 2. The first-order chi connectivity index (χ1) is 13.7. The van der Waals surface area contributed by atoms with Gasteiger partial charge in [-0.1, -0.05) is 12.1 Å². The third kappa shape index (κ3) is 5.44. The van der Waals surface area contributed by atoms with Crippen molar-refractivity contribution in [2.45, 2.75) is 6.92 Å². The van der Waals surface area contributed by atoms with Crippen LogP contribution in [-0.2, 0) is 9.53 Å². The highest BCUT2D eigenvalue weighted by atomic mass is 16.5. The fraction of sp³-hybridized carbons (Fsp3) is 0.273. The first kappa shape index (κ1) is 19.6. The summed E-state index contributed by atoms with van der Waals surface area (Å²) in [5.41, 5.74) is 2.15. The number of morpholine rings is 1. The molecule has 1 N–H and O–H groups in total. The van der Waals surface area contributed by atoms with Crippen molar-refractivity contribution in [1.82, 2.24) is 4.90 Å². The van der Waals surface area contributed by atoms with Gasteiger partial charge in [-0.3, -0.25) is 9.59 Å². The quantitative estimate of drug-likeness (QED) is 0.782. The second kappa shape index (κ2) is 9.71. The maximum Gasteiger partial charge on any atom is 0.254 e. The molecule has 0 bridgehead atoms. The molecule has 0 spiro atoms. The number of rotatable bonds is 6. The molecule has 1 fully saturated rings. The number of anilines is 1. The van der Waals surface area contributed by atoms with Gasteiger partial charge in [-0.05, 0) is 55.0 Å². The number of benzene rings is 2. The van der Waals surface area contributed by atoms with Crippen molar-refractivity contribution < 1.29 is 19.1 Å². The third-order valence-electron chi connectivity index (χ3n) is 4.32. The molecule has 146 valence electrons. The van der Waals surface area contributed by atoms with Crippen molar-refractivity contribution >= 4 is 23.6 Å². The maximum absolute atomic E-state index is 12.4. The summed E-state index contributed by atoms with van der Waals surface area (Å²) in [6, 6.07) is 14.4. The predicted molar refractivity (Wildman–Crippen MR) is 108 cm³/mol. The molecule has 1 aliphatic heterocycles. The average molecular weight is 380 g/mol. The Morgan fingerprint density at radius 2 is 1.75 bits per heavy atom. The highest BCUT2D eigenvalue weighted by Crippen LogP contribution is 2.14. The lowest BCUT2D eigenvalue weighted by atomic mass is 10.1. The van der Waals surface area contributed by atoms with Crippen molar-refractivity contribution in [3.8, 4) is 5.75 Å². The van der Waals surface area contributed by atoms with Gasteiger partial charge in [0.1, 0.15) is 5.75 Å². The number of nitrogens with one attached hydrogen (secondary N) is 1. The predicted octanol–water partition coefficient (Wildman–Crippen LogP) is 3.21. The lowest BCUT2D eigenvalue weighted by Gasteiger charge is -2.26. The van der Waals surface area contributed by atoms with E-state index in [1.807, 2.05) is 31.2 Å². The fourth-order valence-electron chi connectivity index (χ4n) is 2.84. The van der Waals surface area contributed by atoms with Gasteiger partial charge < -0.3 is 19.7 Å². The third-order valence-corrected chi connectivity index (χ3v) is 4.32. The first-order valence-corrected chi connectivity index (χ1v) is 9.34. The highest BCUT2D eigenvalue weighted by Gasteiger charge is 2.18. The van der Waals surface area contributed by atoms with Crippen LogP contribution < -0.4 is 10.1 Å². The summed E-state index contributed by atoms with van der Waals surface area (Å²) in [6.45, 7) is 4.90. The summed E-state index contributed by atoms with van der Waals surface area (Å²) in [6.07, 6.45) is 3.21. The molecule has 0 atom stereocenters. The van der Waals surface area contributed by atoms with Crippen LogP contribution in [0.4, 0.5) is 5.69 Å². The molecule has 0 aromatic heterocycles. The number of carbonyl (C=O) groups is 2. The van der Waals surface area contributed by atoms with Crippen molar-refractivity contribution in [2.24, 2.45) is 0 Å². The van der Waals surface area contributed by atoms with Crippen molar-refractivity contribution in [2.75, 3.05) is 38.2 Å². The first-order valence-electron chi connectivity index (χ1n) is 9.34. The zero-order valence-electron chi connectivity index (χ0n) is 15.9. The van der Waals surface area contributed by atoms with E-state index >= 15 is 0 Å². The van der Waals surface area contributed by atoms with Gasteiger partial charge in [0, 0.05) is 30.4 Å². The van der Waals surface area contributed by atoms with Crippen molar-refractivity contribution in [3.63, 3.8) is 0 Å². The van der Waals surface area contributed by atoms with Crippen LogP contribution >= 0.6 is 0 Å². The molecule has 2 aromatic carbocycles. The van der Waals surface area contributed by atoms with E-state index in [9.17, 15) is 9.59 Å². The molecule has 3 rings (SSSR count). The minimum Gasteiger partial charge on any atom is -0.494 e. The van der Waals surface area contributed by atoms with Gasteiger partial charge in [0.25, 0.3) is 5.91 Å². The molecule has 1 saturated heterocycles. The van der Waals surface area contributed by atoms with Gasteiger partial charge in [-0.2, -0.15) is 0 Å². The Hall–Kier alpha value is -3.12. The molecule has 6 heteroatoms. The van der Waals surface area contributed by atoms with E-state index in [-0.39, 0.29) is 11.8 Å². The Kier molecular flexibility index (Phi) is 6.81. The molecule has 0 aliphatic carbocycles. The molecule has 2 aromatic rings. The molecule has 6 nitrogen and oxygen atoms in total. The van der Waals surface area contributed by atoms with Gasteiger partial charge in [0.05, 0.1) is 19.8 Å². The van der Waals surface area contributed by atoms with Gasteiger partial charge in [0.15, 0.2) is 0 Å². The standard InChI is InChI=1S/C22H24N2O4/c1-2-28-20-10-3-17(4-11-20)5-12-21(25)23-19-8-6-18(7-9-19)22(26)24-13-15-27-16-14-24/h3-12H,2,13-16H2,1H3,(H,23,25). The largest absolute Gasteiger partial charge is 0.494 e. The van der Waals surface area contributed by atoms with Gasteiger partial charge in [0.2, 0.25) is 5.91 Å². The van der Waals surface area contributed by atoms with Gasteiger partial charge in [-0.25, -0.2) is 0 Å². The lowest BCUT2D eigenvalue weighted by Crippen LogP contribution is -2.40. The van der Waals surface area contributed by atoms with E-state index in [0.717, 1.165) is 11.3 Å². The van der Waals surface area contributed by atoms with E-state index < -0.39 is 0 Å². The molecule has 1 aliphatic rings. The summed E-state index contributed by atoms with van der Waals surface area (Å²) in [5, 5.41) is 2.79. The van der Waals surface area contributed by atoms with Crippen LogP contribution in [0.15, 0.2) is 54.6 Å². The number of ether oxygens (including phenoxy) is 2. The highest BCUT2D eigenvalue weighted by molar-refractivity contribution is 6.02. The Morgan fingerprint density at radius 3 is 2.39 bits per heavy atom. The summed E-state index contributed by atoms with van der Waals surface area (Å²) >= 11 is 0. The number of nitrogens with zero attached hydrogens (tertiary/aromatic N) is 1. The number of hydrogen-bond acceptors (Lipinski definition) is 4. The fourth-order valence-corrected chi connectivity index (χ4v) is 2.84. The normalized spacial score (nSPS) is 14.1. The molecule has 28 heavy (non-hydrogen) atoms. The van der Waals surface area contributed by atoms with Crippen LogP contribution in [0.3, 0.4) is 0 Å². The Bertz CT molecular complexity index is 823. The van der Waals surface area contributed by atoms with Crippen LogP contribution in [0.2, 0.25) is 0 Å². The smallest absolute Gasteiger partial charge is 0.254 e. The maximum atomic E-state index is 12.4. The van der Waals surface area contributed by atoms with Crippen LogP contribution in [0.5, 0.6) is 5.75 Å². The van der Waals surface area contributed by atoms with E-state index in [1.54, 1.807) is 35.2 Å². The minimum atomic E-state index is -0.235. The van der Waals surface area contributed by atoms with Crippen molar-refractivity contribution in [1.29, 1.82) is 0 Å². The minimum absolute atomic E-state index is 0.0171. The number of hydrogen-bond donors (Lipinski definition) is 1. The SMILES string of the molecule is CCOc1ccc(C=CC(=O)Nc2ccc(C(=O)N3CCOCC3)cc2)cc1. The monoisotopic (exact) mass is 380 g/mol. The zero-order valence-corrected chi connectivity index (χ0v) is 15.9. The molecule has 1 heterocycles. The van der Waals surface area contributed by atoms with Crippen LogP contribution in [0.1, 0.15) is 22.8 Å². The second-order valence-electron chi connectivity index (χ2n) is 6.31. The van der Waals surface area contributed by atoms with Crippen LogP contribution in [-0.4, -0.2) is 49.6 Å². The molecule has 0 radical (unpaired) electrons. The van der Waals surface area contributed by atoms with E-state index in [1.165, 1.54) is 6.08 Å². The van der Waals surface area contributed by atoms with Gasteiger partial charge in [-0.15, -0.1) is 0 Å². The van der Waals surface area contributed by atoms with Crippen LogP contribution in [0.25, 0.3) is 6.08 Å². The zero-order chi connectivity index (χ0) is 19.8. The van der Waals surface area contributed by atoms with Crippen molar-refractivity contribution in [3.05, 3.63) is 65.7 Å². The summed E-state index contributed by atoms with van der Waals surface area (Å²) in [5.74, 6) is 0.550. The number of carbonyl (C=O) groups excluding carboxylic acids is 2.